The van der Waals surface area contributed by atoms with Crippen molar-refractivity contribution in [2.24, 2.45) is 15.8 Å². The van der Waals surface area contributed by atoms with E-state index in [9.17, 15) is 4.79 Å². The zero-order chi connectivity index (χ0) is 18.8. The molecule has 0 aliphatic rings. The molecule has 0 amide bonds. The Balaban J connectivity index is 0.000000271. The molecule has 2 aromatic rings. The van der Waals surface area contributed by atoms with Crippen molar-refractivity contribution < 1.29 is 15.0 Å². The average Bonchev–Trinajstić information content (AvgIpc) is 2.56. The predicted molar refractivity (Wildman–Crippen MR) is 99.4 cm³/mol. The molecule has 2 rings (SSSR count). The van der Waals surface area contributed by atoms with Crippen LogP contribution >= 0.6 is 0 Å². The molecule has 0 saturated carbocycles. The van der Waals surface area contributed by atoms with Crippen LogP contribution in [0.25, 0.3) is 0 Å². The highest BCUT2D eigenvalue weighted by atomic mass is 16.4. The maximum absolute atomic E-state index is 10.3. The summed E-state index contributed by atoms with van der Waals surface area (Å²) in [6.45, 7) is 5.79. The maximum Gasteiger partial charge on any atom is 0.339 e. The van der Waals surface area contributed by atoms with Crippen molar-refractivity contribution in [3.05, 3.63) is 59.7 Å². The quantitative estimate of drug-likeness (QED) is 0.388. The van der Waals surface area contributed by atoms with Crippen LogP contribution in [0.15, 0.2) is 58.6 Å². The van der Waals surface area contributed by atoms with Crippen LogP contribution < -0.4 is 11.2 Å². The zero-order valence-corrected chi connectivity index (χ0v) is 14.4. The summed E-state index contributed by atoms with van der Waals surface area (Å²) in [7, 11) is 0. The molecule has 7 heteroatoms. The van der Waals surface area contributed by atoms with Gasteiger partial charge in [-0.05, 0) is 45.0 Å². The number of nitrogens with two attached hydrogens (primary N) is 1. The summed E-state index contributed by atoms with van der Waals surface area (Å²) < 4.78 is 0. The number of nitrogens with zero attached hydrogens (tertiary/aromatic N) is 2. The number of aryl methyl sites for hydroxylation is 1. The van der Waals surface area contributed by atoms with Crippen LogP contribution in [0.3, 0.4) is 0 Å². The predicted octanol–water partition coefficient (Wildman–Crippen LogP) is 3.02. The SMILES string of the molecule is CC(C)=NNC(N)=Nc1ccc(C)cc1.O=C(O)c1ccccc1O. The number of benzene rings is 2. The number of nitrogens with one attached hydrogen (secondary N) is 1. The van der Waals surface area contributed by atoms with E-state index >= 15 is 0 Å². The Morgan fingerprint density at radius 2 is 1.68 bits per heavy atom. The van der Waals surface area contributed by atoms with Gasteiger partial charge in [-0.1, -0.05) is 29.8 Å². The number of carbonyl (C=O) groups is 1. The molecule has 0 unspecified atom stereocenters. The van der Waals surface area contributed by atoms with Crippen molar-refractivity contribution in [1.29, 1.82) is 0 Å². The lowest BCUT2D eigenvalue weighted by molar-refractivity contribution is 0.0693. The van der Waals surface area contributed by atoms with Crippen molar-refractivity contribution in [1.82, 2.24) is 5.43 Å². The summed E-state index contributed by atoms with van der Waals surface area (Å²) >= 11 is 0. The van der Waals surface area contributed by atoms with E-state index in [4.69, 9.17) is 15.9 Å². The fraction of sp³-hybridized carbons (Fsp3) is 0.167. The monoisotopic (exact) mass is 342 g/mol. The van der Waals surface area contributed by atoms with Gasteiger partial charge < -0.3 is 15.9 Å². The molecule has 2 aromatic carbocycles. The fourth-order valence-electron chi connectivity index (χ4n) is 1.61. The molecule has 0 aliphatic carbocycles. The number of carboxylic acid groups (broad SMARTS) is 1. The van der Waals surface area contributed by atoms with Crippen LogP contribution in [-0.2, 0) is 0 Å². The summed E-state index contributed by atoms with van der Waals surface area (Å²) in [6, 6.07) is 13.6. The largest absolute Gasteiger partial charge is 0.507 e. The summed E-state index contributed by atoms with van der Waals surface area (Å²) in [5.74, 6) is -1.02. The Hall–Kier alpha value is -3.35. The van der Waals surface area contributed by atoms with Gasteiger partial charge in [-0.2, -0.15) is 5.10 Å². The summed E-state index contributed by atoms with van der Waals surface area (Å²) in [6.07, 6.45) is 0. The normalized spacial score (nSPS) is 10.3. The molecule has 0 heterocycles. The zero-order valence-electron chi connectivity index (χ0n) is 14.4. The first-order valence-electron chi connectivity index (χ1n) is 7.48. The van der Waals surface area contributed by atoms with Crippen molar-refractivity contribution in [2.75, 3.05) is 0 Å². The highest BCUT2D eigenvalue weighted by Gasteiger charge is 2.05. The number of aliphatic imine (C=N–C) groups is 1. The minimum atomic E-state index is -1.11. The molecule has 0 fully saturated rings. The molecule has 25 heavy (non-hydrogen) atoms. The molecule has 0 radical (unpaired) electrons. The Morgan fingerprint density at radius 1 is 1.08 bits per heavy atom. The number of guanidine groups is 1. The van der Waals surface area contributed by atoms with Crippen LogP contribution in [-0.4, -0.2) is 27.9 Å². The molecule has 132 valence electrons. The second-order valence-electron chi connectivity index (χ2n) is 5.33. The van der Waals surface area contributed by atoms with Crippen LogP contribution in [0.2, 0.25) is 0 Å². The van der Waals surface area contributed by atoms with E-state index in [1.807, 2.05) is 45.0 Å². The van der Waals surface area contributed by atoms with Gasteiger partial charge in [0.05, 0.1) is 5.69 Å². The van der Waals surface area contributed by atoms with Crippen molar-refractivity contribution in [3.8, 4) is 5.75 Å². The summed E-state index contributed by atoms with van der Waals surface area (Å²) in [4.78, 5) is 14.4. The Bertz CT molecular complexity index is 764. The molecule has 0 bridgehead atoms. The van der Waals surface area contributed by atoms with Gasteiger partial charge in [0.25, 0.3) is 0 Å². The van der Waals surface area contributed by atoms with Gasteiger partial charge in [-0.25, -0.2) is 15.2 Å². The first-order valence-corrected chi connectivity index (χ1v) is 7.48. The third-order valence-corrected chi connectivity index (χ3v) is 2.81. The number of para-hydroxylation sites is 1. The molecule has 0 aliphatic heterocycles. The van der Waals surface area contributed by atoms with Crippen molar-refractivity contribution in [2.45, 2.75) is 20.8 Å². The lowest BCUT2D eigenvalue weighted by Crippen LogP contribution is -2.27. The number of aromatic carboxylic acids is 1. The maximum atomic E-state index is 10.3. The van der Waals surface area contributed by atoms with E-state index in [0.717, 1.165) is 11.4 Å². The van der Waals surface area contributed by atoms with Gasteiger partial charge in [0.2, 0.25) is 5.96 Å². The number of phenols is 1. The van der Waals surface area contributed by atoms with E-state index in [0.29, 0.717) is 5.96 Å². The Labute approximate surface area is 146 Å². The van der Waals surface area contributed by atoms with Gasteiger partial charge in [0, 0.05) is 5.71 Å². The van der Waals surface area contributed by atoms with Crippen molar-refractivity contribution in [3.63, 3.8) is 0 Å². The molecular weight excluding hydrogens is 320 g/mol. The first kappa shape index (κ1) is 19.7. The highest BCUT2D eigenvalue weighted by molar-refractivity contribution is 5.90. The summed E-state index contributed by atoms with van der Waals surface area (Å²) in [5.41, 5.74) is 11.1. The number of carboxylic acids is 1. The van der Waals surface area contributed by atoms with Gasteiger partial charge >= 0.3 is 5.97 Å². The summed E-state index contributed by atoms with van der Waals surface area (Å²) in [5, 5.41) is 21.3. The van der Waals surface area contributed by atoms with E-state index in [1.165, 1.54) is 17.7 Å². The highest BCUT2D eigenvalue weighted by Crippen LogP contribution is 2.14. The lowest BCUT2D eigenvalue weighted by Gasteiger charge is -2.00. The average molecular weight is 342 g/mol. The van der Waals surface area contributed by atoms with Gasteiger partial charge in [0.15, 0.2) is 0 Å². The van der Waals surface area contributed by atoms with Crippen LogP contribution in [0.5, 0.6) is 5.75 Å². The van der Waals surface area contributed by atoms with E-state index in [1.54, 1.807) is 12.1 Å². The Kier molecular flexibility index (Phi) is 7.65. The van der Waals surface area contributed by atoms with Gasteiger partial charge in [-0.15, -0.1) is 0 Å². The molecule has 0 aromatic heterocycles. The number of aromatic hydroxyl groups is 1. The third-order valence-electron chi connectivity index (χ3n) is 2.81. The fourth-order valence-corrected chi connectivity index (χ4v) is 1.61. The standard InChI is InChI=1S/C11H16N4.C7H6O3/c1-8(2)14-15-11(12)13-10-6-4-9(3)5-7-10;8-6-4-2-1-3-5(6)7(9)10/h4-7H,1-3H3,(H3,12,13,15);1-4,8H,(H,9,10). The number of rotatable bonds is 3. The number of hydrogen-bond acceptors (Lipinski definition) is 4. The second-order valence-corrected chi connectivity index (χ2v) is 5.33. The molecule has 0 spiro atoms. The van der Waals surface area contributed by atoms with Crippen LogP contribution in [0.1, 0.15) is 29.8 Å². The van der Waals surface area contributed by atoms with Crippen molar-refractivity contribution >= 4 is 23.3 Å². The molecule has 5 N–H and O–H groups in total. The molecule has 0 atom stereocenters. The van der Waals surface area contributed by atoms with Crippen LogP contribution in [0.4, 0.5) is 5.69 Å². The first-order chi connectivity index (χ1) is 11.8. The smallest absolute Gasteiger partial charge is 0.339 e. The molecule has 0 saturated heterocycles. The third kappa shape index (κ3) is 7.65. The topological polar surface area (TPSA) is 120 Å². The minimum absolute atomic E-state index is 0.0671. The molecule has 7 nitrogen and oxygen atoms in total. The minimum Gasteiger partial charge on any atom is -0.507 e. The number of hydrogen-bond donors (Lipinski definition) is 4. The molecular formula is C18H22N4O3. The number of hydrazone groups is 1. The van der Waals surface area contributed by atoms with Gasteiger partial charge in [0.1, 0.15) is 11.3 Å². The second kappa shape index (κ2) is 9.71. The van der Waals surface area contributed by atoms with E-state index < -0.39 is 5.97 Å². The lowest BCUT2D eigenvalue weighted by atomic mass is 10.2. The van der Waals surface area contributed by atoms with E-state index in [-0.39, 0.29) is 11.3 Å². The van der Waals surface area contributed by atoms with Gasteiger partial charge in [-0.3, -0.25) is 0 Å². The Morgan fingerprint density at radius 3 is 2.16 bits per heavy atom. The van der Waals surface area contributed by atoms with E-state index in [2.05, 4.69) is 15.5 Å². The van der Waals surface area contributed by atoms with Crippen LogP contribution in [0, 0.1) is 6.92 Å².